The summed E-state index contributed by atoms with van der Waals surface area (Å²) in [5, 5.41) is 6.25. The van der Waals surface area contributed by atoms with Crippen LogP contribution in [0.25, 0.3) is 0 Å². The van der Waals surface area contributed by atoms with Gasteiger partial charge in [0.25, 0.3) is 0 Å². The van der Waals surface area contributed by atoms with E-state index in [9.17, 15) is 13.2 Å². The zero-order valence-electron chi connectivity index (χ0n) is 15.9. The Kier molecular flexibility index (Phi) is 10.7. The Morgan fingerprint density at radius 1 is 1.33 bits per heavy atom. The van der Waals surface area contributed by atoms with Crippen LogP contribution in [0.2, 0.25) is 0 Å². The Morgan fingerprint density at radius 2 is 2.04 bits per heavy atom. The topological polar surface area (TPSA) is 87.3 Å². The van der Waals surface area contributed by atoms with Gasteiger partial charge in [-0.15, -0.1) is 12.4 Å². The van der Waals surface area contributed by atoms with Gasteiger partial charge in [-0.05, 0) is 69.3 Å². The molecule has 1 aliphatic rings. The molecule has 1 fully saturated rings. The first-order valence-corrected chi connectivity index (χ1v) is 11.9. The van der Waals surface area contributed by atoms with E-state index in [1.165, 1.54) is 0 Å². The number of hydrogen-bond donors (Lipinski definition) is 3. The number of nitrogens with one attached hydrogen (secondary N) is 3. The lowest BCUT2D eigenvalue weighted by atomic mass is 9.99. The summed E-state index contributed by atoms with van der Waals surface area (Å²) < 4.78 is 27.8. The fourth-order valence-electron chi connectivity index (χ4n) is 2.92. The molecule has 1 aromatic carbocycles. The SMILES string of the molecule is CSCCC(NS(=O)(=O)c1ccc(C)cc1)C(=O)NCC1CCCNC1.Cl. The second kappa shape index (κ2) is 11.9. The van der Waals surface area contributed by atoms with Gasteiger partial charge in [0, 0.05) is 6.54 Å². The van der Waals surface area contributed by atoms with Crippen LogP contribution >= 0.6 is 24.2 Å². The predicted octanol–water partition coefficient (Wildman–Crippen LogP) is 1.93. The fraction of sp³-hybridized carbons (Fsp3) is 0.611. The van der Waals surface area contributed by atoms with Gasteiger partial charge in [0.05, 0.1) is 4.90 Å². The molecule has 154 valence electrons. The Labute approximate surface area is 173 Å². The molecule has 6 nitrogen and oxygen atoms in total. The van der Waals surface area contributed by atoms with Gasteiger partial charge in [-0.1, -0.05) is 17.7 Å². The lowest BCUT2D eigenvalue weighted by Gasteiger charge is -2.24. The largest absolute Gasteiger partial charge is 0.354 e. The molecule has 0 spiro atoms. The third kappa shape index (κ3) is 7.99. The van der Waals surface area contributed by atoms with Crippen LogP contribution in [0.5, 0.6) is 0 Å². The molecule has 0 aromatic heterocycles. The van der Waals surface area contributed by atoms with Crippen LogP contribution in [0.3, 0.4) is 0 Å². The van der Waals surface area contributed by atoms with Crippen molar-refractivity contribution in [3.63, 3.8) is 0 Å². The second-order valence-electron chi connectivity index (χ2n) is 6.73. The zero-order chi connectivity index (χ0) is 19.0. The predicted molar refractivity (Wildman–Crippen MR) is 114 cm³/mol. The van der Waals surface area contributed by atoms with E-state index in [4.69, 9.17) is 0 Å². The highest BCUT2D eigenvalue weighted by atomic mass is 35.5. The number of thioether (sulfide) groups is 1. The highest BCUT2D eigenvalue weighted by molar-refractivity contribution is 7.98. The van der Waals surface area contributed by atoms with Gasteiger partial charge in [-0.3, -0.25) is 4.79 Å². The van der Waals surface area contributed by atoms with Crippen molar-refractivity contribution in [3.8, 4) is 0 Å². The van der Waals surface area contributed by atoms with Gasteiger partial charge in [-0.2, -0.15) is 16.5 Å². The minimum Gasteiger partial charge on any atom is -0.354 e. The van der Waals surface area contributed by atoms with E-state index in [2.05, 4.69) is 15.4 Å². The molecule has 2 unspecified atom stereocenters. The number of aryl methyl sites for hydroxylation is 1. The molecule has 0 saturated carbocycles. The van der Waals surface area contributed by atoms with E-state index < -0.39 is 16.1 Å². The van der Waals surface area contributed by atoms with E-state index in [1.54, 1.807) is 36.0 Å². The van der Waals surface area contributed by atoms with Gasteiger partial charge in [0.2, 0.25) is 15.9 Å². The molecule has 9 heteroatoms. The fourth-order valence-corrected chi connectivity index (χ4v) is 4.62. The number of piperidine rings is 1. The van der Waals surface area contributed by atoms with Crippen molar-refractivity contribution in [2.45, 2.75) is 37.1 Å². The summed E-state index contributed by atoms with van der Waals surface area (Å²) in [5.41, 5.74) is 0.988. The van der Waals surface area contributed by atoms with Gasteiger partial charge in [0.1, 0.15) is 6.04 Å². The highest BCUT2D eigenvalue weighted by Crippen LogP contribution is 2.13. The van der Waals surface area contributed by atoms with Crippen LogP contribution in [0.1, 0.15) is 24.8 Å². The van der Waals surface area contributed by atoms with Crippen LogP contribution < -0.4 is 15.4 Å². The molecule has 2 atom stereocenters. The molecule has 3 N–H and O–H groups in total. The lowest BCUT2D eigenvalue weighted by Crippen LogP contribution is -2.49. The summed E-state index contributed by atoms with van der Waals surface area (Å²) in [4.78, 5) is 12.8. The van der Waals surface area contributed by atoms with Gasteiger partial charge in [-0.25, -0.2) is 8.42 Å². The van der Waals surface area contributed by atoms with Gasteiger partial charge < -0.3 is 10.6 Å². The maximum Gasteiger partial charge on any atom is 0.241 e. The normalized spacial score (nSPS) is 18.4. The Morgan fingerprint density at radius 3 is 2.63 bits per heavy atom. The van der Waals surface area contributed by atoms with Gasteiger partial charge in [0.15, 0.2) is 0 Å². The molecule has 1 heterocycles. The number of benzene rings is 1. The Bertz CT molecular complexity index is 678. The average molecular weight is 436 g/mol. The molecule has 0 aliphatic carbocycles. The highest BCUT2D eigenvalue weighted by Gasteiger charge is 2.26. The average Bonchev–Trinajstić information content (AvgIpc) is 2.64. The number of carbonyl (C=O) groups is 1. The molecule has 1 aromatic rings. The molecule has 0 radical (unpaired) electrons. The smallest absolute Gasteiger partial charge is 0.241 e. The van der Waals surface area contributed by atoms with E-state index >= 15 is 0 Å². The molecule has 0 bridgehead atoms. The zero-order valence-corrected chi connectivity index (χ0v) is 18.3. The minimum absolute atomic E-state index is 0. The molecule has 1 amide bonds. The van der Waals surface area contributed by atoms with Crippen molar-refractivity contribution in [1.29, 1.82) is 0 Å². The maximum absolute atomic E-state index is 12.6. The van der Waals surface area contributed by atoms with Crippen LogP contribution in [-0.4, -0.2) is 52.0 Å². The first kappa shape index (κ1) is 24.2. The van der Waals surface area contributed by atoms with Crippen molar-refractivity contribution in [3.05, 3.63) is 29.8 Å². The van der Waals surface area contributed by atoms with Crippen LogP contribution in [0.15, 0.2) is 29.2 Å². The molecule has 27 heavy (non-hydrogen) atoms. The van der Waals surface area contributed by atoms with Crippen LogP contribution in [0.4, 0.5) is 0 Å². The van der Waals surface area contributed by atoms with Crippen LogP contribution in [0, 0.1) is 12.8 Å². The summed E-state index contributed by atoms with van der Waals surface area (Å²) in [7, 11) is -3.73. The van der Waals surface area contributed by atoms with Crippen molar-refractivity contribution in [2.24, 2.45) is 5.92 Å². The Balaban J connectivity index is 0.00000364. The monoisotopic (exact) mass is 435 g/mol. The van der Waals surface area contributed by atoms with Crippen molar-refractivity contribution in [2.75, 3.05) is 31.6 Å². The quantitative estimate of drug-likeness (QED) is 0.551. The third-order valence-corrected chi connectivity index (χ3v) is 6.65. The molecule has 2 rings (SSSR count). The van der Waals surface area contributed by atoms with E-state index in [1.807, 2.05) is 13.2 Å². The van der Waals surface area contributed by atoms with Crippen molar-refractivity contribution in [1.82, 2.24) is 15.4 Å². The van der Waals surface area contributed by atoms with E-state index in [0.29, 0.717) is 24.6 Å². The summed E-state index contributed by atoms with van der Waals surface area (Å²) >= 11 is 1.59. The van der Waals surface area contributed by atoms with E-state index in [0.717, 1.165) is 31.5 Å². The summed E-state index contributed by atoms with van der Waals surface area (Å²) in [6.45, 7) is 4.40. The number of sulfonamides is 1. The third-order valence-electron chi connectivity index (χ3n) is 4.52. The molecular formula is C18H30ClN3O3S2. The van der Waals surface area contributed by atoms with Crippen LogP contribution in [-0.2, 0) is 14.8 Å². The number of carbonyl (C=O) groups excluding carboxylic acids is 1. The van der Waals surface area contributed by atoms with E-state index in [-0.39, 0.29) is 23.2 Å². The number of rotatable bonds is 9. The number of hydrogen-bond acceptors (Lipinski definition) is 5. The lowest BCUT2D eigenvalue weighted by molar-refractivity contribution is -0.123. The number of halogens is 1. The summed E-state index contributed by atoms with van der Waals surface area (Å²) in [6.07, 6.45) is 4.59. The standard InChI is InChI=1S/C18H29N3O3S2.ClH/c1-14-5-7-16(8-6-14)26(23,24)21-17(9-11-25-2)18(22)20-13-15-4-3-10-19-12-15;/h5-8,15,17,19,21H,3-4,9-13H2,1-2H3,(H,20,22);1H. The molecular weight excluding hydrogens is 406 g/mol. The molecule has 1 saturated heterocycles. The maximum atomic E-state index is 12.6. The summed E-state index contributed by atoms with van der Waals surface area (Å²) in [5.74, 6) is 0.863. The molecule has 1 aliphatic heterocycles. The van der Waals surface area contributed by atoms with Crippen molar-refractivity contribution >= 4 is 40.1 Å². The number of amides is 1. The minimum atomic E-state index is -3.73. The van der Waals surface area contributed by atoms with Gasteiger partial charge >= 0.3 is 0 Å². The first-order valence-electron chi connectivity index (χ1n) is 8.99. The second-order valence-corrected chi connectivity index (χ2v) is 9.43. The summed E-state index contributed by atoms with van der Waals surface area (Å²) in [6, 6.07) is 5.87. The first-order chi connectivity index (χ1) is 12.4. The van der Waals surface area contributed by atoms with Crippen molar-refractivity contribution < 1.29 is 13.2 Å². The Hall–Kier alpha value is -0.800.